The minimum absolute atomic E-state index is 0.167. The van der Waals surface area contributed by atoms with Crippen LogP contribution in [0.5, 0.6) is 5.75 Å². The molecule has 1 amide bonds. The average molecular weight is 276 g/mol. The quantitative estimate of drug-likeness (QED) is 0.912. The molecule has 2 N–H and O–H groups in total. The largest absolute Gasteiger partial charge is 0.496 e. The van der Waals surface area contributed by atoms with E-state index in [1.54, 1.807) is 7.11 Å². The molecule has 0 spiro atoms. The fourth-order valence-corrected chi connectivity index (χ4v) is 2.83. The number of carbonyl (C=O) groups is 1. The van der Waals surface area contributed by atoms with E-state index in [0.717, 1.165) is 37.2 Å². The van der Waals surface area contributed by atoms with Gasteiger partial charge in [-0.15, -0.1) is 0 Å². The van der Waals surface area contributed by atoms with E-state index in [1.807, 2.05) is 29.2 Å². The van der Waals surface area contributed by atoms with Crippen LogP contribution in [-0.4, -0.2) is 37.0 Å². The number of para-hydroxylation sites is 1. The summed E-state index contributed by atoms with van der Waals surface area (Å²) in [5.41, 5.74) is 7.04. The van der Waals surface area contributed by atoms with Crippen molar-refractivity contribution in [1.29, 1.82) is 0 Å². The van der Waals surface area contributed by atoms with Crippen LogP contribution in [0.25, 0.3) is 0 Å². The van der Waals surface area contributed by atoms with E-state index in [4.69, 9.17) is 10.5 Å². The fourth-order valence-electron chi connectivity index (χ4n) is 2.83. The molecular weight excluding hydrogens is 252 g/mol. The van der Waals surface area contributed by atoms with Crippen molar-refractivity contribution in [3.8, 4) is 5.75 Å². The Balaban J connectivity index is 2.01. The van der Waals surface area contributed by atoms with Gasteiger partial charge >= 0.3 is 0 Å². The summed E-state index contributed by atoms with van der Waals surface area (Å²) in [7, 11) is 1.64. The number of ether oxygens (including phenoxy) is 1. The van der Waals surface area contributed by atoms with Crippen molar-refractivity contribution in [2.75, 3.05) is 20.2 Å². The van der Waals surface area contributed by atoms with Gasteiger partial charge in [0, 0.05) is 24.7 Å². The van der Waals surface area contributed by atoms with Crippen molar-refractivity contribution < 1.29 is 9.53 Å². The van der Waals surface area contributed by atoms with Crippen molar-refractivity contribution in [3.63, 3.8) is 0 Å². The van der Waals surface area contributed by atoms with E-state index >= 15 is 0 Å². The number of hydrogen-bond donors (Lipinski definition) is 1. The van der Waals surface area contributed by atoms with Gasteiger partial charge in [-0.3, -0.25) is 4.79 Å². The van der Waals surface area contributed by atoms with Gasteiger partial charge in [-0.2, -0.15) is 0 Å². The molecular formula is C16H24N2O2. The Morgan fingerprint density at radius 3 is 2.90 bits per heavy atom. The van der Waals surface area contributed by atoms with E-state index in [-0.39, 0.29) is 11.9 Å². The van der Waals surface area contributed by atoms with Crippen LogP contribution in [0.15, 0.2) is 24.3 Å². The maximum Gasteiger partial charge on any atom is 0.227 e. The molecule has 0 aromatic heterocycles. The molecule has 1 aliphatic rings. The van der Waals surface area contributed by atoms with Crippen molar-refractivity contribution in [2.24, 2.45) is 11.7 Å². The second kappa shape index (κ2) is 6.75. The number of carbonyl (C=O) groups excluding carboxylic acids is 1. The molecule has 0 bridgehead atoms. The monoisotopic (exact) mass is 276 g/mol. The minimum atomic E-state index is 0.167. The number of methoxy groups -OCH3 is 1. The highest BCUT2D eigenvalue weighted by atomic mass is 16.5. The molecule has 0 aliphatic carbocycles. The van der Waals surface area contributed by atoms with Gasteiger partial charge in [0.1, 0.15) is 5.75 Å². The Morgan fingerprint density at radius 1 is 1.45 bits per heavy atom. The number of rotatable bonds is 4. The molecule has 20 heavy (non-hydrogen) atoms. The van der Waals surface area contributed by atoms with E-state index in [0.29, 0.717) is 12.3 Å². The average Bonchev–Trinajstić information content (AvgIpc) is 2.48. The highest BCUT2D eigenvalue weighted by Crippen LogP contribution is 2.22. The summed E-state index contributed by atoms with van der Waals surface area (Å²) in [6.45, 7) is 3.69. The van der Waals surface area contributed by atoms with Gasteiger partial charge in [0.2, 0.25) is 5.91 Å². The SMILES string of the molecule is CCC1CN(C(=O)Cc2ccccc2OC)CCC1N. The molecule has 0 radical (unpaired) electrons. The molecule has 1 fully saturated rings. The zero-order valence-electron chi connectivity index (χ0n) is 12.3. The molecule has 1 saturated heterocycles. The van der Waals surface area contributed by atoms with Crippen LogP contribution in [0.1, 0.15) is 25.3 Å². The molecule has 1 aliphatic heterocycles. The summed E-state index contributed by atoms with van der Waals surface area (Å²) in [4.78, 5) is 14.4. The standard InChI is InChI=1S/C16H24N2O2/c1-3-12-11-18(9-8-14(12)17)16(19)10-13-6-4-5-7-15(13)20-2/h4-7,12,14H,3,8-11,17H2,1-2H3. The second-order valence-corrected chi connectivity index (χ2v) is 5.45. The van der Waals surface area contributed by atoms with Gasteiger partial charge in [-0.1, -0.05) is 31.5 Å². The van der Waals surface area contributed by atoms with Crippen molar-refractivity contribution in [1.82, 2.24) is 4.90 Å². The van der Waals surface area contributed by atoms with Crippen LogP contribution in [-0.2, 0) is 11.2 Å². The third-order valence-corrected chi connectivity index (χ3v) is 4.20. The van der Waals surface area contributed by atoms with Crippen molar-refractivity contribution in [2.45, 2.75) is 32.2 Å². The lowest BCUT2D eigenvalue weighted by atomic mass is 9.90. The van der Waals surface area contributed by atoms with Crippen molar-refractivity contribution in [3.05, 3.63) is 29.8 Å². The van der Waals surface area contributed by atoms with Crippen LogP contribution >= 0.6 is 0 Å². The summed E-state index contributed by atoms with van der Waals surface area (Å²) in [6, 6.07) is 7.93. The summed E-state index contributed by atoms with van der Waals surface area (Å²) >= 11 is 0. The first-order chi connectivity index (χ1) is 9.65. The lowest BCUT2D eigenvalue weighted by Crippen LogP contribution is -2.49. The molecule has 110 valence electrons. The predicted octanol–water partition coefficient (Wildman–Crippen LogP) is 1.82. The predicted molar refractivity (Wildman–Crippen MR) is 79.7 cm³/mol. The Kier molecular flexibility index (Phi) is 5.01. The summed E-state index contributed by atoms with van der Waals surface area (Å²) in [5.74, 6) is 1.37. The van der Waals surface area contributed by atoms with E-state index in [9.17, 15) is 4.79 Å². The maximum absolute atomic E-state index is 12.4. The van der Waals surface area contributed by atoms with Gasteiger partial charge < -0.3 is 15.4 Å². The molecule has 2 atom stereocenters. The van der Waals surface area contributed by atoms with Crippen LogP contribution in [0.2, 0.25) is 0 Å². The first kappa shape index (κ1) is 14.9. The molecule has 1 aromatic carbocycles. The van der Waals surface area contributed by atoms with Gasteiger partial charge in [-0.25, -0.2) is 0 Å². The smallest absolute Gasteiger partial charge is 0.227 e. The van der Waals surface area contributed by atoms with Gasteiger partial charge in [0.15, 0.2) is 0 Å². The van der Waals surface area contributed by atoms with Crippen LogP contribution < -0.4 is 10.5 Å². The Labute approximate surface area is 120 Å². The number of amides is 1. The summed E-state index contributed by atoms with van der Waals surface area (Å²) < 4.78 is 5.30. The molecule has 2 unspecified atom stereocenters. The van der Waals surface area contributed by atoms with Crippen LogP contribution in [0, 0.1) is 5.92 Å². The molecule has 2 rings (SSSR count). The van der Waals surface area contributed by atoms with Crippen molar-refractivity contribution >= 4 is 5.91 Å². The van der Waals surface area contributed by atoms with Crippen LogP contribution in [0.4, 0.5) is 0 Å². The first-order valence-electron chi connectivity index (χ1n) is 7.31. The number of piperidine rings is 1. The highest BCUT2D eigenvalue weighted by Gasteiger charge is 2.28. The van der Waals surface area contributed by atoms with E-state index in [1.165, 1.54) is 0 Å². The zero-order valence-corrected chi connectivity index (χ0v) is 12.3. The normalized spacial score (nSPS) is 22.6. The second-order valence-electron chi connectivity index (χ2n) is 5.45. The third kappa shape index (κ3) is 3.31. The lowest BCUT2D eigenvalue weighted by molar-refractivity contribution is -0.132. The van der Waals surface area contributed by atoms with Crippen LogP contribution in [0.3, 0.4) is 0 Å². The topological polar surface area (TPSA) is 55.6 Å². The van der Waals surface area contributed by atoms with Gasteiger partial charge in [-0.05, 0) is 18.4 Å². The summed E-state index contributed by atoms with van der Waals surface area (Å²) in [6.07, 6.45) is 2.32. The highest BCUT2D eigenvalue weighted by molar-refractivity contribution is 5.79. The lowest BCUT2D eigenvalue weighted by Gasteiger charge is -2.36. The van der Waals surface area contributed by atoms with Gasteiger partial charge in [0.05, 0.1) is 13.5 Å². The Bertz CT molecular complexity index is 462. The molecule has 0 saturated carbocycles. The third-order valence-electron chi connectivity index (χ3n) is 4.20. The van der Waals surface area contributed by atoms with Gasteiger partial charge in [0.25, 0.3) is 0 Å². The Hall–Kier alpha value is -1.55. The fraction of sp³-hybridized carbons (Fsp3) is 0.562. The Morgan fingerprint density at radius 2 is 2.20 bits per heavy atom. The minimum Gasteiger partial charge on any atom is -0.496 e. The van der Waals surface area contributed by atoms with E-state index < -0.39 is 0 Å². The number of benzene rings is 1. The molecule has 4 nitrogen and oxygen atoms in total. The molecule has 1 heterocycles. The zero-order chi connectivity index (χ0) is 14.5. The number of likely N-dealkylation sites (tertiary alicyclic amines) is 1. The van der Waals surface area contributed by atoms with E-state index in [2.05, 4.69) is 6.92 Å². The first-order valence-corrected chi connectivity index (χ1v) is 7.31. The maximum atomic E-state index is 12.4. The summed E-state index contributed by atoms with van der Waals surface area (Å²) in [5, 5.41) is 0. The molecule has 4 heteroatoms. The number of nitrogens with two attached hydrogens (primary N) is 1. The molecule has 1 aromatic rings. The number of nitrogens with zero attached hydrogens (tertiary/aromatic N) is 1. The number of hydrogen-bond acceptors (Lipinski definition) is 3.